The summed E-state index contributed by atoms with van der Waals surface area (Å²) in [5.74, 6) is -1.43. The highest BCUT2D eigenvalue weighted by Gasteiger charge is 2.54. The van der Waals surface area contributed by atoms with E-state index in [-0.39, 0.29) is 36.9 Å². The third-order valence-corrected chi connectivity index (χ3v) is 7.77. The Balaban J connectivity index is 1.43. The Kier molecular flexibility index (Phi) is 6.63. The van der Waals surface area contributed by atoms with Gasteiger partial charge in [-0.25, -0.2) is 14.5 Å². The number of fused-ring (bicyclic) bond motifs is 1. The molecule has 16 heteroatoms. The summed E-state index contributed by atoms with van der Waals surface area (Å²) in [4.78, 5) is 42.2. The molecule has 2 aromatic heterocycles. The molecule has 2 amide bonds. The molecule has 1 fully saturated rings. The van der Waals surface area contributed by atoms with Crippen LogP contribution in [0.25, 0.3) is 0 Å². The van der Waals surface area contributed by atoms with Crippen LogP contribution in [0, 0.1) is 0 Å². The summed E-state index contributed by atoms with van der Waals surface area (Å²) >= 11 is 3.83. The van der Waals surface area contributed by atoms with E-state index in [1.807, 2.05) is 0 Å². The maximum absolute atomic E-state index is 12.7. The van der Waals surface area contributed by atoms with E-state index in [1.54, 1.807) is 5.38 Å². The lowest BCUT2D eigenvalue weighted by molar-refractivity contribution is -0.150. The number of rotatable bonds is 9. The summed E-state index contributed by atoms with van der Waals surface area (Å²) in [7, 11) is 0. The zero-order valence-corrected chi connectivity index (χ0v) is 18.8. The number of aliphatic hydroxyl groups excluding tert-OH is 1. The van der Waals surface area contributed by atoms with Gasteiger partial charge in [0.25, 0.3) is 5.91 Å². The average Bonchev–Trinajstić information content (AvgIpc) is 3.38. The number of amides is 2. The third kappa shape index (κ3) is 4.43. The lowest BCUT2D eigenvalue weighted by Gasteiger charge is -2.49. The van der Waals surface area contributed by atoms with E-state index in [0.717, 1.165) is 0 Å². The summed E-state index contributed by atoms with van der Waals surface area (Å²) in [5.41, 5.74) is 6.55. The summed E-state index contributed by atoms with van der Waals surface area (Å²) in [6.45, 7) is 0.0843. The number of carboxylic acid groups (broad SMARTS) is 1. The number of aromatic nitrogens is 5. The predicted molar refractivity (Wildman–Crippen MR) is 116 cm³/mol. The number of β-lactam (4-membered cyclic amide) rings is 1. The van der Waals surface area contributed by atoms with Gasteiger partial charge in [-0.2, -0.15) is 0 Å². The van der Waals surface area contributed by atoms with Gasteiger partial charge in [0.15, 0.2) is 5.13 Å². The molecule has 2 unspecified atom stereocenters. The topological polar surface area (TPSA) is 189 Å². The van der Waals surface area contributed by atoms with Gasteiger partial charge in [-0.3, -0.25) is 14.5 Å². The van der Waals surface area contributed by atoms with Crippen LogP contribution in [0.2, 0.25) is 0 Å². The SMILES string of the molecule is Nc1nc(CC(=O)NC2C(=O)N3C(C(=O)O)=C(CSc4nnnn4CCO)CSC23)cs1. The molecule has 4 heterocycles. The zero-order valence-electron chi connectivity index (χ0n) is 16.4. The van der Waals surface area contributed by atoms with E-state index >= 15 is 0 Å². The number of aliphatic carboxylic acids is 1. The van der Waals surface area contributed by atoms with Gasteiger partial charge in [-0.05, 0) is 16.0 Å². The van der Waals surface area contributed by atoms with Crippen LogP contribution in [0.15, 0.2) is 21.8 Å². The van der Waals surface area contributed by atoms with E-state index in [4.69, 9.17) is 10.8 Å². The van der Waals surface area contributed by atoms with Gasteiger partial charge in [0.1, 0.15) is 17.1 Å². The first kappa shape index (κ1) is 22.5. The highest BCUT2D eigenvalue weighted by atomic mass is 32.2. The number of nitrogens with one attached hydrogen (secondary N) is 1. The number of thioether (sulfide) groups is 2. The van der Waals surface area contributed by atoms with Crippen LogP contribution in [-0.2, 0) is 27.3 Å². The van der Waals surface area contributed by atoms with Crippen molar-refractivity contribution >= 4 is 57.8 Å². The minimum absolute atomic E-state index is 0.0130. The molecule has 170 valence electrons. The maximum atomic E-state index is 12.7. The average molecular weight is 499 g/mol. The molecular weight excluding hydrogens is 480 g/mol. The van der Waals surface area contributed by atoms with E-state index in [9.17, 15) is 19.5 Å². The number of carboxylic acids is 1. The molecular formula is C16H18N8O5S3. The second-order valence-electron chi connectivity index (χ2n) is 6.76. The van der Waals surface area contributed by atoms with Crippen LogP contribution in [0.3, 0.4) is 0 Å². The maximum Gasteiger partial charge on any atom is 0.352 e. The van der Waals surface area contributed by atoms with Crippen molar-refractivity contribution < 1.29 is 24.6 Å². The van der Waals surface area contributed by atoms with E-state index in [2.05, 4.69) is 25.8 Å². The van der Waals surface area contributed by atoms with Gasteiger partial charge in [0.05, 0.1) is 25.3 Å². The van der Waals surface area contributed by atoms with Crippen LogP contribution in [0.1, 0.15) is 5.69 Å². The fraction of sp³-hybridized carbons (Fsp3) is 0.438. The molecule has 4 rings (SSSR count). The first-order valence-electron chi connectivity index (χ1n) is 9.28. The number of nitrogens with zero attached hydrogens (tertiary/aromatic N) is 6. The molecule has 13 nitrogen and oxygen atoms in total. The number of nitrogens with two attached hydrogens (primary N) is 1. The molecule has 0 spiro atoms. The number of thiazole rings is 1. The monoisotopic (exact) mass is 498 g/mol. The fourth-order valence-electron chi connectivity index (χ4n) is 3.27. The fourth-order valence-corrected chi connectivity index (χ4v) is 6.22. The number of carbonyl (C=O) groups is 3. The van der Waals surface area contributed by atoms with E-state index in [0.29, 0.717) is 27.3 Å². The predicted octanol–water partition coefficient (Wildman–Crippen LogP) is -1.22. The first-order valence-corrected chi connectivity index (χ1v) is 12.2. The molecule has 0 aromatic carbocycles. The number of hydrogen-bond acceptors (Lipinski definition) is 12. The second kappa shape index (κ2) is 9.43. The Morgan fingerprint density at radius 3 is 2.91 bits per heavy atom. The minimum Gasteiger partial charge on any atom is -0.477 e. The van der Waals surface area contributed by atoms with Crippen LogP contribution >= 0.6 is 34.9 Å². The number of hydrogen-bond donors (Lipinski definition) is 4. The van der Waals surface area contributed by atoms with Crippen molar-refractivity contribution in [3.05, 3.63) is 22.3 Å². The number of nitrogen functional groups attached to an aromatic ring is 1. The smallest absolute Gasteiger partial charge is 0.352 e. The molecule has 2 aliphatic heterocycles. The molecule has 2 aromatic rings. The number of carbonyl (C=O) groups excluding carboxylic acids is 2. The molecule has 0 bridgehead atoms. The van der Waals surface area contributed by atoms with Crippen molar-refractivity contribution in [1.82, 2.24) is 35.4 Å². The van der Waals surface area contributed by atoms with Gasteiger partial charge in [0, 0.05) is 16.9 Å². The summed E-state index contributed by atoms with van der Waals surface area (Å²) in [6, 6.07) is -0.802. The molecule has 5 N–H and O–H groups in total. The molecule has 0 saturated carbocycles. The molecule has 2 aliphatic rings. The Bertz CT molecular complexity index is 1090. The van der Waals surface area contributed by atoms with Gasteiger partial charge in [-0.1, -0.05) is 11.8 Å². The third-order valence-electron chi connectivity index (χ3n) is 4.66. The lowest BCUT2D eigenvalue weighted by Crippen LogP contribution is -2.70. The van der Waals surface area contributed by atoms with Crippen LogP contribution in [0.4, 0.5) is 5.13 Å². The minimum atomic E-state index is -1.21. The zero-order chi connectivity index (χ0) is 22.8. The van der Waals surface area contributed by atoms with Gasteiger partial charge >= 0.3 is 5.97 Å². The molecule has 2 atom stereocenters. The van der Waals surface area contributed by atoms with E-state index < -0.39 is 23.3 Å². The Hall–Kier alpha value is -2.69. The van der Waals surface area contributed by atoms with Crippen molar-refractivity contribution in [3.8, 4) is 0 Å². The van der Waals surface area contributed by atoms with Gasteiger partial charge in [-0.15, -0.1) is 28.2 Å². The van der Waals surface area contributed by atoms with Crippen molar-refractivity contribution in [2.24, 2.45) is 0 Å². The normalized spacial score (nSPS) is 20.2. The first-order chi connectivity index (χ1) is 15.4. The second-order valence-corrected chi connectivity index (χ2v) is 9.70. The quantitative estimate of drug-likeness (QED) is 0.238. The van der Waals surface area contributed by atoms with Crippen LogP contribution < -0.4 is 11.1 Å². The van der Waals surface area contributed by atoms with Crippen molar-refractivity contribution in [3.63, 3.8) is 0 Å². The summed E-state index contributed by atoms with van der Waals surface area (Å²) in [6.07, 6.45) is -0.0130. The van der Waals surface area contributed by atoms with Gasteiger partial charge in [0.2, 0.25) is 11.1 Å². The highest BCUT2D eigenvalue weighted by molar-refractivity contribution is 8.01. The molecule has 32 heavy (non-hydrogen) atoms. The van der Waals surface area contributed by atoms with Crippen LogP contribution in [0.5, 0.6) is 0 Å². The highest BCUT2D eigenvalue weighted by Crippen LogP contribution is 2.41. The number of anilines is 1. The standard InChI is InChI=1S/C16H18N8O5S3/c17-15-18-8(6-31-15)3-9(26)19-10-12(27)24-11(14(28)29)7(4-30-13(10)24)5-32-16-20-21-22-23(16)1-2-25/h6,10,13,25H,1-5H2,(H2,17,18)(H,19,26)(H,28,29). The molecule has 0 radical (unpaired) electrons. The Labute approximate surface area is 193 Å². The van der Waals surface area contributed by atoms with Crippen molar-refractivity contribution in [2.45, 2.75) is 29.5 Å². The number of tetrazole rings is 1. The van der Waals surface area contributed by atoms with Crippen LogP contribution in [-0.4, -0.2) is 87.6 Å². The van der Waals surface area contributed by atoms with E-state index in [1.165, 1.54) is 44.4 Å². The van der Waals surface area contributed by atoms with Gasteiger partial charge < -0.3 is 21.3 Å². The summed E-state index contributed by atoms with van der Waals surface area (Å²) < 4.78 is 1.42. The number of aliphatic hydroxyl groups is 1. The molecule has 1 saturated heterocycles. The Morgan fingerprint density at radius 2 is 2.22 bits per heavy atom. The Morgan fingerprint density at radius 1 is 1.41 bits per heavy atom. The van der Waals surface area contributed by atoms with Crippen molar-refractivity contribution in [1.29, 1.82) is 0 Å². The largest absolute Gasteiger partial charge is 0.477 e. The molecule has 0 aliphatic carbocycles. The summed E-state index contributed by atoms with van der Waals surface area (Å²) in [5, 5.41) is 34.7. The van der Waals surface area contributed by atoms with Crippen molar-refractivity contribution in [2.75, 3.05) is 23.8 Å². The lowest BCUT2D eigenvalue weighted by atomic mass is 10.0.